The summed E-state index contributed by atoms with van der Waals surface area (Å²) in [6, 6.07) is 14.0. The van der Waals surface area contributed by atoms with E-state index in [9.17, 15) is 4.79 Å². The lowest BCUT2D eigenvalue weighted by molar-refractivity contribution is 0.0250. The van der Waals surface area contributed by atoms with Gasteiger partial charge < -0.3 is 10.1 Å². The van der Waals surface area contributed by atoms with Crippen LogP contribution in [0.1, 0.15) is 47.7 Å². The Balaban J connectivity index is 1.56. The number of amides is 1. The Bertz CT molecular complexity index is 729. The molecule has 1 amide bonds. The Kier molecular flexibility index (Phi) is 4.43. The molecule has 4 nitrogen and oxygen atoms in total. The number of fused-ring (bicyclic) bond motifs is 1. The van der Waals surface area contributed by atoms with E-state index in [1.165, 1.54) is 31.2 Å². The Morgan fingerprint density at radius 3 is 2.52 bits per heavy atom. The van der Waals surface area contributed by atoms with Gasteiger partial charge in [-0.25, -0.2) is 0 Å². The fourth-order valence-corrected chi connectivity index (χ4v) is 4.67. The number of benzene rings is 1. The number of ether oxygens (including phenoxy) is 1. The maximum atomic E-state index is 12.6. The van der Waals surface area contributed by atoms with Crippen molar-refractivity contribution >= 4 is 5.91 Å². The number of rotatable bonds is 4. The molecule has 0 saturated heterocycles. The van der Waals surface area contributed by atoms with Crippen LogP contribution in [0.3, 0.4) is 0 Å². The van der Waals surface area contributed by atoms with Gasteiger partial charge in [-0.15, -0.1) is 0 Å². The molecule has 130 valence electrons. The quantitative estimate of drug-likeness (QED) is 0.924. The van der Waals surface area contributed by atoms with Gasteiger partial charge in [-0.05, 0) is 54.5 Å². The van der Waals surface area contributed by atoms with Gasteiger partial charge in [0.1, 0.15) is 11.4 Å². The number of pyridine rings is 1. The molecule has 1 aromatic carbocycles. The van der Waals surface area contributed by atoms with Crippen LogP contribution in [0.15, 0.2) is 48.7 Å². The lowest BCUT2D eigenvalue weighted by atomic mass is 9.53. The van der Waals surface area contributed by atoms with Gasteiger partial charge in [0.15, 0.2) is 0 Å². The third-order valence-corrected chi connectivity index (χ3v) is 5.88. The lowest BCUT2D eigenvalue weighted by Gasteiger charge is -2.55. The zero-order valence-corrected chi connectivity index (χ0v) is 14.5. The second-order valence-corrected chi connectivity index (χ2v) is 7.13. The monoisotopic (exact) mass is 336 g/mol. The van der Waals surface area contributed by atoms with Crippen molar-refractivity contribution in [3.05, 3.63) is 59.9 Å². The first-order chi connectivity index (χ1) is 12.3. The van der Waals surface area contributed by atoms with Gasteiger partial charge in [-0.1, -0.05) is 31.0 Å². The first-order valence-corrected chi connectivity index (χ1v) is 9.14. The summed E-state index contributed by atoms with van der Waals surface area (Å²) >= 11 is 0. The van der Waals surface area contributed by atoms with Crippen LogP contribution in [0, 0.1) is 11.8 Å². The number of nitrogens with zero attached hydrogens (tertiary/aromatic N) is 1. The fraction of sp³-hybridized carbons (Fsp3) is 0.429. The van der Waals surface area contributed by atoms with Gasteiger partial charge in [-0.3, -0.25) is 9.78 Å². The third-order valence-electron chi connectivity index (χ3n) is 5.88. The van der Waals surface area contributed by atoms with Crippen molar-refractivity contribution in [2.75, 3.05) is 7.11 Å². The summed E-state index contributed by atoms with van der Waals surface area (Å²) in [5.41, 5.74) is 1.80. The summed E-state index contributed by atoms with van der Waals surface area (Å²) in [6.07, 6.45) is 6.71. The third kappa shape index (κ3) is 3.01. The van der Waals surface area contributed by atoms with Crippen LogP contribution in [-0.2, 0) is 0 Å². The van der Waals surface area contributed by atoms with E-state index in [2.05, 4.69) is 22.4 Å². The van der Waals surface area contributed by atoms with E-state index in [-0.39, 0.29) is 11.9 Å². The van der Waals surface area contributed by atoms with Gasteiger partial charge in [0.25, 0.3) is 5.91 Å². The van der Waals surface area contributed by atoms with Crippen molar-refractivity contribution in [3.8, 4) is 5.75 Å². The normalized spacial score (nSPS) is 27.7. The second kappa shape index (κ2) is 6.87. The topological polar surface area (TPSA) is 51.2 Å². The van der Waals surface area contributed by atoms with Crippen LogP contribution in [0.4, 0.5) is 0 Å². The molecule has 2 fully saturated rings. The lowest BCUT2D eigenvalue weighted by Crippen LogP contribution is -2.59. The molecule has 0 bridgehead atoms. The van der Waals surface area contributed by atoms with Crippen molar-refractivity contribution in [1.82, 2.24) is 10.3 Å². The number of aromatic nitrogens is 1. The number of carbonyl (C=O) groups excluding carboxylic acids is 1. The Hall–Kier alpha value is -2.36. The Morgan fingerprint density at radius 2 is 1.84 bits per heavy atom. The average molecular weight is 336 g/mol. The molecular formula is C21H24N2O2. The molecule has 0 radical (unpaired) electrons. The number of hydrogen-bond acceptors (Lipinski definition) is 3. The molecule has 2 aliphatic carbocycles. The van der Waals surface area contributed by atoms with Crippen LogP contribution in [0.5, 0.6) is 5.75 Å². The van der Waals surface area contributed by atoms with Crippen LogP contribution >= 0.6 is 0 Å². The summed E-state index contributed by atoms with van der Waals surface area (Å²) in [5.74, 6) is 2.47. The minimum Gasteiger partial charge on any atom is -0.497 e. The highest BCUT2D eigenvalue weighted by Gasteiger charge is 2.51. The van der Waals surface area contributed by atoms with Crippen LogP contribution in [-0.4, -0.2) is 24.0 Å². The van der Waals surface area contributed by atoms with Crippen LogP contribution < -0.4 is 10.1 Å². The van der Waals surface area contributed by atoms with E-state index in [0.29, 0.717) is 23.4 Å². The van der Waals surface area contributed by atoms with Gasteiger partial charge in [0.2, 0.25) is 0 Å². The molecule has 4 atom stereocenters. The van der Waals surface area contributed by atoms with E-state index < -0.39 is 0 Å². The summed E-state index contributed by atoms with van der Waals surface area (Å²) < 4.78 is 5.28. The second-order valence-electron chi connectivity index (χ2n) is 7.13. The van der Waals surface area contributed by atoms with Crippen molar-refractivity contribution in [2.24, 2.45) is 11.8 Å². The highest BCUT2D eigenvalue weighted by Crippen LogP contribution is 2.54. The summed E-state index contributed by atoms with van der Waals surface area (Å²) in [6.45, 7) is 0. The molecule has 0 spiro atoms. The van der Waals surface area contributed by atoms with E-state index >= 15 is 0 Å². The standard InChI is InChI=1S/C21H24N2O2/c1-25-15-11-9-14(10-12-15)19-16-6-2-3-7-17(16)20(19)23-21(24)18-8-4-5-13-22-18/h4-5,8-13,16-17,19-20H,2-3,6-7H2,1H3,(H,23,24)/t16-,17-,19-,20-/m0/s1. The largest absolute Gasteiger partial charge is 0.497 e. The van der Waals surface area contributed by atoms with E-state index in [1.807, 2.05) is 24.3 Å². The molecule has 2 aliphatic rings. The zero-order valence-electron chi connectivity index (χ0n) is 14.5. The number of methoxy groups -OCH3 is 1. The summed E-state index contributed by atoms with van der Waals surface area (Å²) in [4.78, 5) is 16.8. The maximum absolute atomic E-state index is 12.6. The molecule has 4 heteroatoms. The molecule has 0 aliphatic heterocycles. The first kappa shape index (κ1) is 16.1. The number of carbonyl (C=O) groups is 1. The molecule has 25 heavy (non-hydrogen) atoms. The van der Waals surface area contributed by atoms with E-state index in [4.69, 9.17) is 4.74 Å². The van der Waals surface area contributed by atoms with Crippen LogP contribution in [0.2, 0.25) is 0 Å². The van der Waals surface area contributed by atoms with Gasteiger partial charge in [0.05, 0.1) is 7.11 Å². The van der Waals surface area contributed by atoms with Crippen LogP contribution in [0.25, 0.3) is 0 Å². The smallest absolute Gasteiger partial charge is 0.270 e. The molecule has 2 aromatic rings. The minimum atomic E-state index is -0.0619. The number of hydrogen-bond donors (Lipinski definition) is 1. The molecule has 1 aromatic heterocycles. The molecular weight excluding hydrogens is 312 g/mol. The molecule has 2 saturated carbocycles. The highest BCUT2D eigenvalue weighted by atomic mass is 16.5. The summed E-state index contributed by atoms with van der Waals surface area (Å²) in [5, 5.41) is 3.28. The summed E-state index contributed by atoms with van der Waals surface area (Å²) in [7, 11) is 1.69. The minimum absolute atomic E-state index is 0.0619. The van der Waals surface area contributed by atoms with Gasteiger partial charge >= 0.3 is 0 Å². The predicted octanol–water partition coefficient (Wildman–Crippen LogP) is 3.79. The molecule has 0 unspecified atom stereocenters. The average Bonchev–Trinajstić information content (AvgIpc) is 2.67. The van der Waals surface area contributed by atoms with Crippen molar-refractivity contribution in [2.45, 2.75) is 37.6 Å². The van der Waals surface area contributed by atoms with Crippen molar-refractivity contribution in [1.29, 1.82) is 0 Å². The molecule has 4 rings (SSSR count). The van der Waals surface area contributed by atoms with Crippen molar-refractivity contribution in [3.63, 3.8) is 0 Å². The van der Waals surface area contributed by atoms with Gasteiger partial charge in [-0.2, -0.15) is 0 Å². The fourth-order valence-electron chi connectivity index (χ4n) is 4.67. The maximum Gasteiger partial charge on any atom is 0.270 e. The molecule has 1 heterocycles. The van der Waals surface area contributed by atoms with E-state index in [0.717, 1.165) is 5.75 Å². The Labute approximate surface area is 148 Å². The highest BCUT2D eigenvalue weighted by molar-refractivity contribution is 5.92. The first-order valence-electron chi connectivity index (χ1n) is 9.14. The van der Waals surface area contributed by atoms with Crippen molar-refractivity contribution < 1.29 is 9.53 Å². The SMILES string of the molecule is COc1ccc([C@H]2[C@H]3CCCC[C@@H]3[C@@H]2NC(=O)c2ccccn2)cc1. The van der Waals surface area contributed by atoms with Gasteiger partial charge in [0, 0.05) is 18.2 Å². The van der Waals surface area contributed by atoms with E-state index in [1.54, 1.807) is 19.4 Å². The number of nitrogens with one attached hydrogen (secondary N) is 1. The predicted molar refractivity (Wildman–Crippen MR) is 96.7 cm³/mol. The Morgan fingerprint density at radius 1 is 1.08 bits per heavy atom. The zero-order chi connectivity index (χ0) is 17.2. The molecule has 1 N–H and O–H groups in total.